The number of carbonyl (C=O) groups excluding carboxylic acids is 2. The zero-order valence-corrected chi connectivity index (χ0v) is 8.89. The summed E-state index contributed by atoms with van der Waals surface area (Å²) < 4.78 is 0. The van der Waals surface area contributed by atoms with E-state index >= 15 is 0 Å². The molecule has 3 nitrogen and oxygen atoms in total. The quantitative estimate of drug-likeness (QED) is 0.766. The Morgan fingerprint density at radius 1 is 1.13 bits per heavy atom. The van der Waals surface area contributed by atoms with Crippen LogP contribution in [0.15, 0.2) is 24.3 Å². The summed E-state index contributed by atoms with van der Waals surface area (Å²) >= 11 is 11.6. The lowest BCUT2D eigenvalue weighted by atomic mass is 10.1. The number of benzene rings is 1. The molecule has 1 aliphatic heterocycles. The Labute approximate surface area is 95.7 Å². The zero-order chi connectivity index (χ0) is 11.0. The molecule has 1 aliphatic rings. The molecule has 1 aromatic rings. The molecular weight excluding hydrogens is 237 g/mol. The third-order valence-electron chi connectivity index (χ3n) is 1.98. The van der Waals surface area contributed by atoms with Crippen LogP contribution in [0, 0.1) is 0 Å². The molecule has 1 heterocycles. The van der Waals surface area contributed by atoms with E-state index in [1.165, 1.54) is 12.1 Å². The lowest BCUT2D eigenvalue weighted by Gasteiger charge is -2.03. The lowest BCUT2D eigenvalue weighted by Crippen LogP contribution is -2.21. The molecule has 5 heteroatoms. The first-order valence-corrected chi connectivity index (χ1v) is 4.86. The van der Waals surface area contributed by atoms with Crippen LogP contribution in [0.3, 0.4) is 0 Å². The fraction of sp³-hybridized carbons (Fsp3) is 0. The van der Waals surface area contributed by atoms with Gasteiger partial charge in [-0.25, -0.2) is 0 Å². The molecule has 0 aromatic heterocycles. The first kappa shape index (κ1) is 10.2. The number of hydrogen-bond donors (Lipinski definition) is 1. The summed E-state index contributed by atoms with van der Waals surface area (Å²) in [4.78, 5) is 22.3. The van der Waals surface area contributed by atoms with E-state index in [-0.39, 0.29) is 5.57 Å². The summed E-state index contributed by atoms with van der Waals surface area (Å²) in [6, 6.07) is 4.74. The van der Waals surface area contributed by atoms with Crippen LogP contribution >= 0.6 is 23.2 Å². The smallest absolute Gasteiger partial charge is 0.258 e. The highest BCUT2D eigenvalue weighted by Crippen LogP contribution is 2.28. The van der Waals surface area contributed by atoms with Crippen molar-refractivity contribution in [3.63, 3.8) is 0 Å². The third kappa shape index (κ3) is 1.89. The predicted molar refractivity (Wildman–Crippen MR) is 57.6 cm³/mol. The fourth-order valence-electron chi connectivity index (χ4n) is 1.32. The van der Waals surface area contributed by atoms with E-state index in [0.717, 1.165) is 0 Å². The maximum atomic E-state index is 11.3. The topological polar surface area (TPSA) is 46.2 Å². The van der Waals surface area contributed by atoms with Crippen LogP contribution in [0.2, 0.25) is 10.0 Å². The summed E-state index contributed by atoms with van der Waals surface area (Å²) in [6.07, 6.45) is 1.22. The van der Waals surface area contributed by atoms with Crippen molar-refractivity contribution in [3.8, 4) is 0 Å². The number of carbonyl (C=O) groups is 2. The normalized spacial score (nSPS) is 15.2. The van der Waals surface area contributed by atoms with Crippen LogP contribution in [0.5, 0.6) is 0 Å². The first-order valence-electron chi connectivity index (χ1n) is 4.10. The second-order valence-corrected chi connectivity index (χ2v) is 3.84. The number of rotatable bonds is 1. The van der Waals surface area contributed by atoms with Crippen molar-refractivity contribution in [2.75, 3.05) is 0 Å². The second kappa shape index (κ2) is 3.68. The van der Waals surface area contributed by atoms with Gasteiger partial charge in [0.1, 0.15) is 0 Å². The molecule has 15 heavy (non-hydrogen) atoms. The first-order chi connectivity index (χ1) is 7.08. The molecule has 0 bridgehead atoms. The Kier molecular flexibility index (Phi) is 2.50. The van der Waals surface area contributed by atoms with Gasteiger partial charge in [0, 0.05) is 16.7 Å². The predicted octanol–water partition coefficient (Wildman–Crippen LogP) is 2.03. The van der Waals surface area contributed by atoms with Crippen LogP contribution in [-0.2, 0) is 9.59 Å². The maximum absolute atomic E-state index is 11.3. The molecule has 2 amide bonds. The van der Waals surface area contributed by atoms with Gasteiger partial charge in [0.25, 0.3) is 11.8 Å². The fourth-order valence-corrected chi connectivity index (χ4v) is 1.83. The van der Waals surface area contributed by atoms with E-state index in [2.05, 4.69) is 5.32 Å². The van der Waals surface area contributed by atoms with Crippen molar-refractivity contribution in [2.45, 2.75) is 0 Å². The van der Waals surface area contributed by atoms with Gasteiger partial charge >= 0.3 is 0 Å². The Hall–Kier alpha value is -1.32. The molecule has 0 saturated carbocycles. The van der Waals surface area contributed by atoms with Crippen molar-refractivity contribution >= 4 is 40.6 Å². The maximum Gasteiger partial charge on any atom is 0.258 e. The standard InChI is InChI=1S/C10H5Cl2NO2/c11-5-1-2-6(8(12)3-5)7-4-9(14)13-10(7)15/h1-4H,(H,13,14,15). The molecule has 0 saturated heterocycles. The summed E-state index contributed by atoms with van der Waals surface area (Å²) in [7, 11) is 0. The molecule has 0 unspecified atom stereocenters. The van der Waals surface area contributed by atoms with Gasteiger partial charge in [-0.2, -0.15) is 0 Å². The van der Waals surface area contributed by atoms with Crippen LogP contribution in [0.4, 0.5) is 0 Å². The number of amides is 2. The van der Waals surface area contributed by atoms with E-state index in [4.69, 9.17) is 23.2 Å². The van der Waals surface area contributed by atoms with E-state index in [0.29, 0.717) is 15.6 Å². The summed E-state index contributed by atoms with van der Waals surface area (Å²) in [5.74, 6) is -0.870. The SMILES string of the molecule is O=C1C=C(c2ccc(Cl)cc2Cl)C(=O)N1. The molecular formula is C10H5Cl2NO2. The molecule has 0 spiro atoms. The Morgan fingerprint density at radius 3 is 2.40 bits per heavy atom. The molecule has 1 aromatic carbocycles. The van der Waals surface area contributed by atoms with Crippen molar-refractivity contribution < 1.29 is 9.59 Å². The average molecular weight is 242 g/mol. The van der Waals surface area contributed by atoms with Gasteiger partial charge in [-0.3, -0.25) is 14.9 Å². The second-order valence-electron chi connectivity index (χ2n) is 3.00. The number of imide groups is 1. The monoisotopic (exact) mass is 241 g/mol. The Morgan fingerprint density at radius 2 is 1.87 bits per heavy atom. The van der Waals surface area contributed by atoms with Gasteiger partial charge in [-0.1, -0.05) is 29.3 Å². The average Bonchev–Trinajstić information content (AvgIpc) is 2.45. The third-order valence-corrected chi connectivity index (χ3v) is 2.53. The van der Waals surface area contributed by atoms with Gasteiger partial charge in [-0.15, -0.1) is 0 Å². The number of hydrogen-bond acceptors (Lipinski definition) is 2. The molecule has 76 valence electrons. The van der Waals surface area contributed by atoms with E-state index in [9.17, 15) is 9.59 Å². The summed E-state index contributed by atoms with van der Waals surface area (Å²) in [6.45, 7) is 0. The van der Waals surface area contributed by atoms with Crippen molar-refractivity contribution in [3.05, 3.63) is 39.9 Å². The van der Waals surface area contributed by atoms with Crippen LogP contribution in [0.25, 0.3) is 5.57 Å². The van der Waals surface area contributed by atoms with Gasteiger partial charge in [-0.05, 0) is 12.1 Å². The Bertz CT molecular complexity index is 494. The van der Waals surface area contributed by atoms with Crippen molar-refractivity contribution in [1.29, 1.82) is 0 Å². The molecule has 0 radical (unpaired) electrons. The minimum absolute atomic E-state index is 0.265. The van der Waals surface area contributed by atoms with Gasteiger partial charge in [0.05, 0.1) is 10.6 Å². The van der Waals surface area contributed by atoms with Crippen molar-refractivity contribution in [2.24, 2.45) is 0 Å². The van der Waals surface area contributed by atoms with E-state index in [1.54, 1.807) is 12.1 Å². The highest BCUT2D eigenvalue weighted by molar-refractivity contribution is 6.40. The number of nitrogens with one attached hydrogen (secondary N) is 1. The van der Waals surface area contributed by atoms with Crippen LogP contribution < -0.4 is 5.32 Å². The van der Waals surface area contributed by atoms with Crippen molar-refractivity contribution in [1.82, 2.24) is 5.32 Å². The summed E-state index contributed by atoms with van der Waals surface area (Å²) in [5, 5.41) is 2.97. The van der Waals surface area contributed by atoms with E-state index < -0.39 is 11.8 Å². The molecule has 1 N–H and O–H groups in total. The minimum Gasteiger partial charge on any atom is -0.289 e. The van der Waals surface area contributed by atoms with Gasteiger partial charge in [0.2, 0.25) is 0 Å². The van der Waals surface area contributed by atoms with Gasteiger partial charge in [0.15, 0.2) is 0 Å². The highest BCUT2D eigenvalue weighted by atomic mass is 35.5. The zero-order valence-electron chi connectivity index (χ0n) is 7.38. The largest absolute Gasteiger partial charge is 0.289 e. The molecule has 0 fully saturated rings. The molecule has 2 rings (SSSR count). The highest BCUT2D eigenvalue weighted by Gasteiger charge is 2.23. The Balaban J connectivity index is 2.51. The lowest BCUT2D eigenvalue weighted by molar-refractivity contribution is -0.123. The van der Waals surface area contributed by atoms with E-state index in [1.807, 2.05) is 0 Å². The minimum atomic E-state index is -0.441. The van der Waals surface area contributed by atoms with Crippen LogP contribution in [0.1, 0.15) is 5.56 Å². The van der Waals surface area contributed by atoms with Gasteiger partial charge < -0.3 is 0 Å². The molecule has 0 atom stereocenters. The number of halogens is 2. The molecule has 0 aliphatic carbocycles. The van der Waals surface area contributed by atoms with Crippen LogP contribution in [-0.4, -0.2) is 11.8 Å². The summed E-state index contributed by atoms with van der Waals surface area (Å²) in [5.41, 5.74) is 0.770.